The van der Waals surface area contributed by atoms with Crippen LogP contribution in [0, 0.1) is 0 Å². The lowest BCUT2D eigenvalue weighted by molar-refractivity contribution is -0.120. The van der Waals surface area contributed by atoms with E-state index in [1.807, 2.05) is 6.92 Å². The Morgan fingerprint density at radius 3 is 2.65 bits per heavy atom. The summed E-state index contributed by atoms with van der Waals surface area (Å²) in [6.45, 7) is 4.19. The third kappa shape index (κ3) is 3.15. The van der Waals surface area contributed by atoms with Gasteiger partial charge in [-0.2, -0.15) is 0 Å². The van der Waals surface area contributed by atoms with Crippen molar-refractivity contribution in [2.24, 2.45) is 0 Å². The van der Waals surface area contributed by atoms with E-state index < -0.39 is 16.5 Å². The molecule has 0 spiro atoms. The fourth-order valence-corrected chi connectivity index (χ4v) is 3.93. The van der Waals surface area contributed by atoms with Crippen molar-refractivity contribution in [3.05, 3.63) is 26.7 Å². The second-order valence-electron chi connectivity index (χ2n) is 6.87. The van der Waals surface area contributed by atoms with Crippen molar-refractivity contribution in [2.75, 3.05) is 6.54 Å². The monoisotopic (exact) mass is 375 g/mol. The van der Waals surface area contributed by atoms with Gasteiger partial charge in [-0.1, -0.05) is 11.8 Å². The molecule has 2 aromatic heterocycles. The minimum atomic E-state index is -0.491. The van der Waals surface area contributed by atoms with Crippen LogP contribution >= 0.6 is 11.8 Å². The highest BCUT2D eigenvalue weighted by atomic mass is 32.2. The van der Waals surface area contributed by atoms with E-state index in [1.54, 1.807) is 11.5 Å². The Balaban J connectivity index is 1.88. The maximum Gasteiger partial charge on any atom is 0.330 e. The second kappa shape index (κ2) is 6.53. The van der Waals surface area contributed by atoms with Gasteiger partial charge >= 0.3 is 5.69 Å². The lowest BCUT2D eigenvalue weighted by atomic mass is 10.3. The fraction of sp³-hybridized carbons (Fsp3) is 0.588. The van der Waals surface area contributed by atoms with E-state index in [1.165, 1.54) is 11.8 Å². The molecule has 1 unspecified atom stereocenters. The summed E-state index contributed by atoms with van der Waals surface area (Å²) in [6.07, 6.45) is 3.83. The van der Waals surface area contributed by atoms with Gasteiger partial charge in [0.25, 0.3) is 5.56 Å². The van der Waals surface area contributed by atoms with Gasteiger partial charge in [0, 0.05) is 18.5 Å². The normalized spacial score (nSPS) is 18.1. The van der Waals surface area contributed by atoms with Gasteiger partial charge in [-0.05, 0) is 39.5 Å². The first-order valence-corrected chi connectivity index (χ1v) is 9.88. The fourth-order valence-electron chi connectivity index (χ4n) is 2.95. The molecule has 1 atom stereocenters. The zero-order valence-corrected chi connectivity index (χ0v) is 15.6. The number of rotatable bonds is 6. The maximum atomic E-state index is 12.5. The molecule has 138 valence electrons. The summed E-state index contributed by atoms with van der Waals surface area (Å²) < 4.78 is 1.59. The molecule has 4 rings (SSSR count). The topological polar surface area (TPSA) is 110 Å². The van der Waals surface area contributed by atoms with Crippen molar-refractivity contribution in [1.82, 2.24) is 24.8 Å². The Hall–Kier alpha value is -2.16. The number of fused-ring (bicyclic) bond motifs is 1. The van der Waals surface area contributed by atoms with Gasteiger partial charge in [-0.15, -0.1) is 0 Å². The Morgan fingerprint density at radius 1 is 1.31 bits per heavy atom. The number of aromatic amines is 1. The molecule has 2 saturated carbocycles. The molecule has 8 nitrogen and oxygen atoms in total. The summed E-state index contributed by atoms with van der Waals surface area (Å²) in [5.74, 6) is 0.840. The molecule has 0 aliphatic heterocycles. The number of nitrogens with one attached hydrogen (secondary N) is 2. The van der Waals surface area contributed by atoms with Crippen LogP contribution in [0.15, 0.2) is 14.6 Å². The molecule has 0 radical (unpaired) electrons. The van der Waals surface area contributed by atoms with Crippen LogP contribution in [0.3, 0.4) is 0 Å². The number of H-pyrrole nitrogens is 1. The zero-order valence-electron chi connectivity index (χ0n) is 14.7. The molecular formula is C17H21N5O3S. The first-order valence-electron chi connectivity index (χ1n) is 9.00. The van der Waals surface area contributed by atoms with Crippen molar-refractivity contribution in [3.8, 4) is 0 Å². The van der Waals surface area contributed by atoms with Gasteiger partial charge in [0.15, 0.2) is 5.65 Å². The molecule has 2 aromatic rings. The number of carbonyl (C=O) groups is 1. The number of aromatic nitrogens is 4. The van der Waals surface area contributed by atoms with E-state index in [-0.39, 0.29) is 17.9 Å². The summed E-state index contributed by atoms with van der Waals surface area (Å²) in [7, 11) is 0. The average molecular weight is 375 g/mol. The Labute approximate surface area is 153 Å². The van der Waals surface area contributed by atoms with Crippen molar-refractivity contribution in [3.63, 3.8) is 0 Å². The van der Waals surface area contributed by atoms with E-state index in [0.717, 1.165) is 25.7 Å². The molecule has 1 amide bonds. The molecule has 0 saturated heterocycles. The van der Waals surface area contributed by atoms with Gasteiger partial charge < -0.3 is 5.32 Å². The first kappa shape index (κ1) is 17.3. The standard InChI is InChI=1S/C17H21N5O3S/c1-3-18-14(23)8(2)26-16-11-13(19-12(20-16)9-4-5-9)22(10-6-7-10)17(25)21-15(11)24/h8-10H,3-7H2,1-2H3,(H,18,23)(H,21,24,25). The Morgan fingerprint density at radius 2 is 2.04 bits per heavy atom. The van der Waals surface area contributed by atoms with Crippen LogP contribution in [0.2, 0.25) is 0 Å². The minimum absolute atomic E-state index is 0.0856. The highest BCUT2D eigenvalue weighted by Gasteiger charge is 2.32. The van der Waals surface area contributed by atoms with Crippen molar-refractivity contribution >= 4 is 28.7 Å². The molecule has 9 heteroatoms. The number of thioether (sulfide) groups is 1. The van der Waals surface area contributed by atoms with Crippen LogP contribution in [0.25, 0.3) is 11.0 Å². The van der Waals surface area contributed by atoms with E-state index >= 15 is 0 Å². The van der Waals surface area contributed by atoms with Crippen LogP contribution in [0.4, 0.5) is 0 Å². The first-order chi connectivity index (χ1) is 12.5. The van der Waals surface area contributed by atoms with E-state index in [4.69, 9.17) is 0 Å². The van der Waals surface area contributed by atoms with Gasteiger partial charge in [-0.3, -0.25) is 19.1 Å². The number of amides is 1. The molecule has 2 heterocycles. The zero-order chi connectivity index (χ0) is 18.4. The van der Waals surface area contributed by atoms with Crippen LogP contribution in [-0.2, 0) is 4.79 Å². The van der Waals surface area contributed by atoms with Crippen LogP contribution in [0.1, 0.15) is 57.3 Å². The summed E-state index contributed by atoms with van der Waals surface area (Å²) in [5.41, 5.74) is -0.503. The van der Waals surface area contributed by atoms with Crippen molar-refractivity contribution in [1.29, 1.82) is 0 Å². The summed E-state index contributed by atoms with van der Waals surface area (Å²) in [5, 5.41) is 3.17. The van der Waals surface area contributed by atoms with E-state index in [0.29, 0.717) is 28.4 Å². The van der Waals surface area contributed by atoms with Crippen LogP contribution in [0.5, 0.6) is 0 Å². The van der Waals surface area contributed by atoms with Gasteiger partial charge in [0.05, 0.1) is 5.25 Å². The molecule has 0 aromatic carbocycles. The summed E-state index contributed by atoms with van der Waals surface area (Å²) in [6, 6.07) is 0.0856. The lowest BCUT2D eigenvalue weighted by Gasteiger charge is -2.14. The largest absolute Gasteiger partial charge is 0.355 e. The highest BCUT2D eigenvalue weighted by Crippen LogP contribution is 2.41. The summed E-state index contributed by atoms with van der Waals surface area (Å²) >= 11 is 1.24. The number of hydrogen-bond acceptors (Lipinski definition) is 6. The average Bonchev–Trinajstić information content (AvgIpc) is 3.46. The third-order valence-corrected chi connectivity index (χ3v) is 5.72. The van der Waals surface area contributed by atoms with Crippen molar-refractivity contribution in [2.45, 2.75) is 61.8 Å². The number of hydrogen-bond donors (Lipinski definition) is 2. The molecule has 0 bridgehead atoms. The second-order valence-corrected chi connectivity index (χ2v) is 8.20. The molecule has 26 heavy (non-hydrogen) atoms. The van der Waals surface area contributed by atoms with Gasteiger partial charge in [0.1, 0.15) is 16.2 Å². The quantitative estimate of drug-likeness (QED) is 0.582. The van der Waals surface area contributed by atoms with Gasteiger partial charge in [-0.25, -0.2) is 14.8 Å². The summed E-state index contributed by atoms with van der Waals surface area (Å²) in [4.78, 5) is 48.6. The SMILES string of the molecule is CCNC(=O)C(C)Sc1nc(C2CC2)nc2c1c(=O)[nH]c(=O)n2C1CC1. The third-order valence-electron chi connectivity index (χ3n) is 4.63. The molecular weight excluding hydrogens is 354 g/mol. The number of carbonyl (C=O) groups excluding carboxylic acids is 1. The number of nitrogens with zero attached hydrogens (tertiary/aromatic N) is 3. The molecule has 2 fully saturated rings. The van der Waals surface area contributed by atoms with E-state index in [2.05, 4.69) is 20.3 Å². The minimum Gasteiger partial charge on any atom is -0.355 e. The predicted molar refractivity (Wildman–Crippen MR) is 98.7 cm³/mol. The Kier molecular flexibility index (Phi) is 4.34. The molecule has 2 N–H and O–H groups in total. The highest BCUT2D eigenvalue weighted by molar-refractivity contribution is 8.00. The van der Waals surface area contributed by atoms with Crippen LogP contribution < -0.4 is 16.6 Å². The smallest absolute Gasteiger partial charge is 0.330 e. The molecule has 2 aliphatic rings. The van der Waals surface area contributed by atoms with E-state index in [9.17, 15) is 14.4 Å². The maximum absolute atomic E-state index is 12.5. The predicted octanol–water partition coefficient (Wildman–Crippen LogP) is 1.31. The van der Waals surface area contributed by atoms with Gasteiger partial charge in [0.2, 0.25) is 5.91 Å². The van der Waals surface area contributed by atoms with Crippen LogP contribution in [-0.4, -0.2) is 37.2 Å². The lowest BCUT2D eigenvalue weighted by Crippen LogP contribution is -2.32. The van der Waals surface area contributed by atoms with Crippen molar-refractivity contribution < 1.29 is 4.79 Å². The molecule has 2 aliphatic carbocycles. The Bertz CT molecular complexity index is 990.